The molecule has 200 valence electrons. The average Bonchev–Trinajstić information content (AvgIpc) is 3.36. The molecule has 1 aromatic heterocycles. The van der Waals surface area contributed by atoms with E-state index >= 15 is 0 Å². The van der Waals surface area contributed by atoms with E-state index in [2.05, 4.69) is 20.7 Å². The van der Waals surface area contributed by atoms with Gasteiger partial charge in [-0.3, -0.25) is 9.59 Å². The molecule has 3 aromatic rings. The molecule has 1 aliphatic rings. The van der Waals surface area contributed by atoms with E-state index in [-0.39, 0.29) is 18.4 Å². The Bertz CT molecular complexity index is 1340. The maximum atomic E-state index is 13.6. The molecule has 4 rings (SSSR count). The highest BCUT2D eigenvalue weighted by Crippen LogP contribution is 2.39. The Labute approximate surface area is 222 Å². The SMILES string of the molecule is CCOc1cc(C2C(C(=O)Nc3cccc(C)c3)=C(C)Nc3ncnn32)ccc1OCC(=O)N(CC)CC. The topological polar surface area (TPSA) is 111 Å². The molecular weight excluding hydrogens is 484 g/mol. The largest absolute Gasteiger partial charge is 0.490 e. The van der Waals surface area contributed by atoms with E-state index in [4.69, 9.17) is 9.47 Å². The number of aromatic nitrogens is 3. The van der Waals surface area contributed by atoms with Gasteiger partial charge in [-0.05, 0) is 70.0 Å². The first-order valence-corrected chi connectivity index (χ1v) is 12.8. The molecule has 10 nitrogen and oxygen atoms in total. The van der Waals surface area contributed by atoms with Gasteiger partial charge >= 0.3 is 0 Å². The minimum absolute atomic E-state index is 0.0924. The van der Waals surface area contributed by atoms with Gasteiger partial charge in [0, 0.05) is 24.5 Å². The summed E-state index contributed by atoms with van der Waals surface area (Å²) in [7, 11) is 0. The van der Waals surface area contributed by atoms with E-state index in [0.29, 0.717) is 54.1 Å². The van der Waals surface area contributed by atoms with Gasteiger partial charge in [-0.2, -0.15) is 10.1 Å². The summed E-state index contributed by atoms with van der Waals surface area (Å²) < 4.78 is 13.4. The lowest BCUT2D eigenvalue weighted by atomic mass is 9.94. The van der Waals surface area contributed by atoms with Gasteiger partial charge in [0.2, 0.25) is 5.95 Å². The Balaban J connectivity index is 1.68. The summed E-state index contributed by atoms with van der Waals surface area (Å²) in [6.07, 6.45) is 1.45. The fourth-order valence-electron chi connectivity index (χ4n) is 4.50. The van der Waals surface area contributed by atoms with E-state index < -0.39 is 6.04 Å². The number of anilines is 2. The number of allylic oxidation sites excluding steroid dienone is 1. The van der Waals surface area contributed by atoms with Crippen molar-refractivity contribution in [2.75, 3.05) is 36.9 Å². The highest BCUT2D eigenvalue weighted by molar-refractivity contribution is 6.06. The molecule has 1 atom stereocenters. The van der Waals surface area contributed by atoms with Crippen LogP contribution < -0.4 is 20.1 Å². The zero-order valence-electron chi connectivity index (χ0n) is 22.4. The second-order valence-electron chi connectivity index (χ2n) is 8.91. The second-order valence-corrected chi connectivity index (χ2v) is 8.91. The monoisotopic (exact) mass is 518 g/mol. The molecule has 2 N–H and O–H groups in total. The van der Waals surface area contributed by atoms with Crippen LogP contribution in [0.3, 0.4) is 0 Å². The number of carbonyl (C=O) groups is 2. The predicted molar refractivity (Wildman–Crippen MR) is 145 cm³/mol. The Morgan fingerprint density at radius 1 is 1.05 bits per heavy atom. The molecule has 1 aliphatic heterocycles. The van der Waals surface area contributed by atoms with Crippen molar-refractivity contribution in [3.05, 3.63) is 71.2 Å². The van der Waals surface area contributed by atoms with Crippen LogP contribution in [0.1, 0.15) is 44.9 Å². The number of fused-ring (bicyclic) bond motifs is 1. The van der Waals surface area contributed by atoms with Gasteiger partial charge in [0.25, 0.3) is 11.8 Å². The van der Waals surface area contributed by atoms with Crippen LogP contribution in [0.5, 0.6) is 11.5 Å². The van der Waals surface area contributed by atoms with Crippen molar-refractivity contribution in [3.63, 3.8) is 0 Å². The van der Waals surface area contributed by atoms with E-state index in [1.165, 1.54) is 6.33 Å². The molecule has 0 aliphatic carbocycles. The molecular formula is C28H34N6O4. The molecule has 0 fully saturated rings. The first-order chi connectivity index (χ1) is 18.4. The molecule has 0 saturated heterocycles. The summed E-state index contributed by atoms with van der Waals surface area (Å²) in [5.74, 6) is 1.11. The Morgan fingerprint density at radius 3 is 2.55 bits per heavy atom. The number of ether oxygens (including phenoxy) is 2. The summed E-state index contributed by atoms with van der Waals surface area (Å²) in [5.41, 5.74) is 3.68. The second kappa shape index (κ2) is 11.8. The molecule has 0 saturated carbocycles. The predicted octanol–water partition coefficient (Wildman–Crippen LogP) is 4.16. The summed E-state index contributed by atoms with van der Waals surface area (Å²) in [6, 6.07) is 12.5. The molecule has 10 heteroatoms. The maximum absolute atomic E-state index is 13.6. The number of likely N-dealkylation sites (N-methyl/N-ethyl adjacent to an activating group) is 1. The zero-order chi connectivity index (χ0) is 27.2. The van der Waals surface area contributed by atoms with Crippen LogP contribution in [0, 0.1) is 6.92 Å². The molecule has 38 heavy (non-hydrogen) atoms. The Kier molecular flexibility index (Phi) is 8.30. The number of nitrogens with one attached hydrogen (secondary N) is 2. The highest BCUT2D eigenvalue weighted by Gasteiger charge is 2.34. The summed E-state index contributed by atoms with van der Waals surface area (Å²) in [5, 5.41) is 10.6. The fourth-order valence-corrected chi connectivity index (χ4v) is 4.50. The van der Waals surface area contributed by atoms with E-state index in [0.717, 1.165) is 11.1 Å². The van der Waals surface area contributed by atoms with Crippen LogP contribution in [-0.4, -0.2) is 57.8 Å². The van der Waals surface area contributed by atoms with Gasteiger partial charge in [-0.15, -0.1) is 0 Å². The van der Waals surface area contributed by atoms with Crippen molar-refractivity contribution in [1.82, 2.24) is 19.7 Å². The quantitative estimate of drug-likeness (QED) is 0.415. The Hall–Kier alpha value is -4.34. The third-order valence-corrected chi connectivity index (χ3v) is 6.37. The normalized spacial score (nSPS) is 14.4. The van der Waals surface area contributed by atoms with Crippen molar-refractivity contribution in [2.45, 2.75) is 40.7 Å². The standard InChI is InChI=1S/C28H34N6O4/c1-6-33(7-2)24(35)16-38-22-13-12-20(15-23(22)37-8-3)26-25(19(5)31-28-29-17-30-34(26)28)27(36)32-21-11-9-10-18(4)14-21/h9-15,17,26H,6-8,16H2,1-5H3,(H,32,36)(H,29,30,31). The number of aryl methyl sites for hydroxylation is 1. The summed E-state index contributed by atoms with van der Waals surface area (Å²) in [6.45, 7) is 11.1. The van der Waals surface area contributed by atoms with Crippen molar-refractivity contribution < 1.29 is 19.1 Å². The van der Waals surface area contributed by atoms with E-state index in [1.807, 2.05) is 71.0 Å². The number of nitrogens with zero attached hydrogens (tertiary/aromatic N) is 4. The van der Waals surface area contributed by atoms with Gasteiger partial charge in [0.15, 0.2) is 18.1 Å². The lowest BCUT2D eigenvalue weighted by Gasteiger charge is -2.29. The maximum Gasteiger partial charge on any atom is 0.260 e. The highest BCUT2D eigenvalue weighted by atomic mass is 16.5. The van der Waals surface area contributed by atoms with Crippen molar-refractivity contribution >= 4 is 23.5 Å². The van der Waals surface area contributed by atoms with Crippen molar-refractivity contribution in [3.8, 4) is 11.5 Å². The van der Waals surface area contributed by atoms with Gasteiger partial charge in [-0.1, -0.05) is 18.2 Å². The molecule has 2 amide bonds. The third kappa shape index (κ3) is 5.64. The number of benzene rings is 2. The minimum Gasteiger partial charge on any atom is -0.490 e. The lowest BCUT2D eigenvalue weighted by Crippen LogP contribution is -2.34. The van der Waals surface area contributed by atoms with Crippen LogP contribution in [0.15, 0.2) is 60.1 Å². The van der Waals surface area contributed by atoms with Crippen LogP contribution >= 0.6 is 0 Å². The number of hydrogen-bond donors (Lipinski definition) is 2. The Morgan fingerprint density at radius 2 is 1.84 bits per heavy atom. The van der Waals surface area contributed by atoms with Gasteiger partial charge in [0.1, 0.15) is 12.4 Å². The minimum atomic E-state index is -0.566. The molecule has 1 unspecified atom stereocenters. The zero-order valence-corrected chi connectivity index (χ0v) is 22.4. The van der Waals surface area contributed by atoms with Crippen LogP contribution in [0.2, 0.25) is 0 Å². The van der Waals surface area contributed by atoms with Gasteiger partial charge in [-0.25, -0.2) is 4.68 Å². The summed E-state index contributed by atoms with van der Waals surface area (Å²) in [4.78, 5) is 32.1. The lowest BCUT2D eigenvalue weighted by molar-refractivity contribution is -0.133. The van der Waals surface area contributed by atoms with Crippen LogP contribution in [-0.2, 0) is 9.59 Å². The summed E-state index contributed by atoms with van der Waals surface area (Å²) >= 11 is 0. The first-order valence-electron chi connectivity index (χ1n) is 12.8. The molecule has 2 heterocycles. The van der Waals surface area contributed by atoms with E-state index in [9.17, 15) is 9.59 Å². The first kappa shape index (κ1) is 26.7. The smallest absolute Gasteiger partial charge is 0.260 e. The number of rotatable bonds is 10. The fraction of sp³-hybridized carbons (Fsp3) is 0.357. The van der Waals surface area contributed by atoms with Crippen molar-refractivity contribution in [1.29, 1.82) is 0 Å². The van der Waals surface area contributed by atoms with Gasteiger partial charge in [0.05, 0.1) is 12.2 Å². The molecule has 2 aromatic carbocycles. The molecule has 0 bridgehead atoms. The average molecular weight is 519 g/mol. The third-order valence-electron chi connectivity index (χ3n) is 6.37. The molecule has 0 spiro atoms. The van der Waals surface area contributed by atoms with Gasteiger partial charge < -0.3 is 25.0 Å². The number of amides is 2. The van der Waals surface area contributed by atoms with E-state index in [1.54, 1.807) is 15.6 Å². The number of hydrogen-bond acceptors (Lipinski definition) is 7. The van der Waals surface area contributed by atoms with Crippen molar-refractivity contribution in [2.24, 2.45) is 0 Å². The van der Waals surface area contributed by atoms with Crippen LogP contribution in [0.4, 0.5) is 11.6 Å². The van der Waals surface area contributed by atoms with Crippen LogP contribution in [0.25, 0.3) is 0 Å². The molecule has 0 radical (unpaired) electrons. The number of carbonyl (C=O) groups excluding carboxylic acids is 2.